The van der Waals surface area contributed by atoms with Crippen LogP contribution in [0, 0.1) is 5.82 Å². The second kappa shape index (κ2) is 4.22. The average Bonchev–Trinajstić information content (AvgIpc) is 2.28. The maximum atomic E-state index is 12.9. The molecule has 0 aliphatic heterocycles. The zero-order valence-corrected chi connectivity index (χ0v) is 8.39. The van der Waals surface area contributed by atoms with E-state index >= 15 is 0 Å². The molecule has 4 nitrogen and oxygen atoms in total. The van der Waals surface area contributed by atoms with E-state index in [1.165, 1.54) is 22.8 Å². The Morgan fingerprint density at radius 2 is 2.25 bits per heavy atom. The first-order valence-electron chi connectivity index (χ1n) is 4.81. The molecule has 0 saturated heterocycles. The lowest BCUT2D eigenvalue weighted by Crippen LogP contribution is -2.20. The highest BCUT2D eigenvalue weighted by Crippen LogP contribution is 2.11. The highest BCUT2D eigenvalue weighted by atomic mass is 19.1. The van der Waals surface area contributed by atoms with Crippen LogP contribution in [0.25, 0.3) is 11.0 Å². The molecule has 0 bridgehead atoms. The first-order chi connectivity index (χ1) is 7.72. The van der Waals surface area contributed by atoms with Crippen molar-refractivity contribution < 1.29 is 9.18 Å². The Balaban J connectivity index is 2.64. The molecule has 5 heteroatoms. The van der Waals surface area contributed by atoms with E-state index in [0.717, 1.165) is 12.5 Å². The van der Waals surface area contributed by atoms with Crippen LogP contribution in [0.4, 0.5) is 4.39 Å². The molecule has 0 aliphatic rings. The van der Waals surface area contributed by atoms with Crippen LogP contribution in [0.1, 0.15) is 6.42 Å². The number of halogens is 1. The van der Waals surface area contributed by atoms with Gasteiger partial charge in [0.2, 0.25) is 0 Å². The lowest BCUT2D eigenvalue weighted by atomic mass is 10.3. The summed E-state index contributed by atoms with van der Waals surface area (Å²) >= 11 is 0. The van der Waals surface area contributed by atoms with Crippen molar-refractivity contribution in [3.63, 3.8) is 0 Å². The predicted molar refractivity (Wildman–Crippen MR) is 56.6 cm³/mol. The molecule has 0 saturated carbocycles. The summed E-state index contributed by atoms with van der Waals surface area (Å²) < 4.78 is 14.4. The first kappa shape index (κ1) is 10.5. The average molecular weight is 220 g/mol. The third kappa shape index (κ3) is 1.84. The minimum absolute atomic E-state index is 0.246. The molecule has 1 heterocycles. The fourth-order valence-electron chi connectivity index (χ4n) is 1.55. The summed E-state index contributed by atoms with van der Waals surface area (Å²) in [5, 5.41) is 0. The molecule has 0 radical (unpaired) electrons. The molecule has 2 aromatic rings. The van der Waals surface area contributed by atoms with Crippen LogP contribution in [0.5, 0.6) is 0 Å². The van der Waals surface area contributed by atoms with E-state index in [9.17, 15) is 14.0 Å². The van der Waals surface area contributed by atoms with Gasteiger partial charge in [0.05, 0.1) is 17.2 Å². The Bertz CT molecular complexity index is 592. The highest BCUT2D eigenvalue weighted by molar-refractivity contribution is 5.74. The van der Waals surface area contributed by atoms with E-state index < -0.39 is 5.82 Å². The number of carbonyl (C=O) groups excluding carboxylic acids is 1. The Hall–Kier alpha value is -2.04. The monoisotopic (exact) mass is 220 g/mol. The number of nitrogens with zero attached hydrogens (tertiary/aromatic N) is 2. The quantitative estimate of drug-likeness (QED) is 0.728. The van der Waals surface area contributed by atoms with E-state index in [-0.39, 0.29) is 18.5 Å². The second-order valence-corrected chi connectivity index (χ2v) is 3.34. The number of aromatic nitrogens is 2. The molecular formula is C11H9FN2O2. The van der Waals surface area contributed by atoms with Crippen molar-refractivity contribution in [2.45, 2.75) is 13.0 Å². The van der Waals surface area contributed by atoms with E-state index in [4.69, 9.17) is 0 Å². The van der Waals surface area contributed by atoms with Crippen molar-refractivity contribution in [3.8, 4) is 0 Å². The molecule has 0 atom stereocenters. The topological polar surface area (TPSA) is 52.0 Å². The van der Waals surface area contributed by atoms with E-state index in [0.29, 0.717) is 11.0 Å². The standard InChI is InChI=1S/C11H9FN2O2/c12-8-2-3-10-9(6-8)13-7-11(16)14(10)4-1-5-15/h2-3,5-7H,1,4H2. The Morgan fingerprint density at radius 3 is 3.00 bits per heavy atom. The van der Waals surface area contributed by atoms with Crippen molar-refractivity contribution in [2.75, 3.05) is 0 Å². The van der Waals surface area contributed by atoms with Gasteiger partial charge in [0.15, 0.2) is 0 Å². The van der Waals surface area contributed by atoms with Crippen molar-refractivity contribution in [1.29, 1.82) is 0 Å². The molecule has 0 amide bonds. The lowest BCUT2D eigenvalue weighted by molar-refractivity contribution is -0.108. The summed E-state index contributed by atoms with van der Waals surface area (Å²) in [5.74, 6) is -0.402. The van der Waals surface area contributed by atoms with Crippen LogP contribution in [0.15, 0.2) is 29.2 Å². The van der Waals surface area contributed by atoms with Crippen LogP contribution in [0.2, 0.25) is 0 Å². The zero-order valence-electron chi connectivity index (χ0n) is 8.39. The molecule has 0 N–H and O–H groups in total. The molecule has 82 valence electrons. The smallest absolute Gasteiger partial charge is 0.269 e. The predicted octanol–water partition coefficient (Wildman–Crippen LogP) is 1.12. The van der Waals surface area contributed by atoms with Crippen LogP contribution >= 0.6 is 0 Å². The van der Waals surface area contributed by atoms with Gasteiger partial charge in [-0.05, 0) is 12.1 Å². The number of aryl methyl sites for hydroxylation is 1. The van der Waals surface area contributed by atoms with Crippen LogP contribution in [-0.4, -0.2) is 15.8 Å². The summed E-state index contributed by atoms with van der Waals surface area (Å²) in [4.78, 5) is 25.7. The number of fused-ring (bicyclic) bond motifs is 1. The molecule has 1 aromatic carbocycles. The second-order valence-electron chi connectivity index (χ2n) is 3.34. The Labute approximate surface area is 90.3 Å². The van der Waals surface area contributed by atoms with Gasteiger partial charge >= 0.3 is 0 Å². The maximum Gasteiger partial charge on any atom is 0.269 e. The van der Waals surface area contributed by atoms with E-state index in [2.05, 4.69) is 4.98 Å². The van der Waals surface area contributed by atoms with Gasteiger partial charge in [-0.25, -0.2) is 9.37 Å². The molecule has 0 spiro atoms. The van der Waals surface area contributed by atoms with Gasteiger partial charge in [0.25, 0.3) is 5.56 Å². The molecule has 0 unspecified atom stereocenters. The fourth-order valence-corrected chi connectivity index (χ4v) is 1.55. The van der Waals surface area contributed by atoms with Gasteiger partial charge in [-0.2, -0.15) is 0 Å². The third-order valence-corrected chi connectivity index (χ3v) is 2.28. The number of aldehydes is 1. The number of rotatable bonds is 3. The Morgan fingerprint density at radius 1 is 1.44 bits per heavy atom. The summed E-state index contributed by atoms with van der Waals surface area (Å²) in [5.41, 5.74) is 0.655. The summed E-state index contributed by atoms with van der Waals surface area (Å²) in [7, 11) is 0. The van der Waals surface area contributed by atoms with Crippen LogP contribution < -0.4 is 5.56 Å². The zero-order chi connectivity index (χ0) is 11.5. The van der Waals surface area contributed by atoms with Crippen molar-refractivity contribution in [2.24, 2.45) is 0 Å². The van der Waals surface area contributed by atoms with Crippen molar-refractivity contribution >= 4 is 17.3 Å². The van der Waals surface area contributed by atoms with E-state index in [1.54, 1.807) is 0 Å². The largest absolute Gasteiger partial charge is 0.305 e. The summed E-state index contributed by atoms with van der Waals surface area (Å²) in [6.45, 7) is 0.285. The van der Waals surface area contributed by atoms with Crippen LogP contribution in [-0.2, 0) is 11.3 Å². The normalized spacial score (nSPS) is 10.6. The molecular weight excluding hydrogens is 211 g/mol. The Kier molecular flexibility index (Phi) is 2.76. The molecule has 16 heavy (non-hydrogen) atoms. The van der Waals surface area contributed by atoms with Crippen molar-refractivity contribution in [3.05, 3.63) is 40.6 Å². The van der Waals surface area contributed by atoms with Gasteiger partial charge in [-0.3, -0.25) is 4.79 Å². The molecule has 2 rings (SSSR count). The molecule has 0 aliphatic carbocycles. The van der Waals surface area contributed by atoms with Gasteiger partial charge in [0.1, 0.15) is 12.1 Å². The first-order valence-corrected chi connectivity index (χ1v) is 4.81. The summed E-state index contributed by atoms with van der Waals surface area (Å²) in [6.07, 6.45) is 2.12. The lowest BCUT2D eigenvalue weighted by Gasteiger charge is -2.07. The SMILES string of the molecule is O=CCCn1c(=O)cnc2cc(F)ccc21. The third-order valence-electron chi connectivity index (χ3n) is 2.28. The molecule has 0 fully saturated rings. The number of hydrogen-bond acceptors (Lipinski definition) is 3. The van der Waals surface area contributed by atoms with Gasteiger partial charge < -0.3 is 9.36 Å². The fraction of sp³-hybridized carbons (Fsp3) is 0.182. The van der Waals surface area contributed by atoms with Gasteiger partial charge in [-0.15, -0.1) is 0 Å². The maximum absolute atomic E-state index is 12.9. The van der Waals surface area contributed by atoms with Gasteiger partial charge in [0, 0.05) is 19.0 Å². The summed E-state index contributed by atoms with van der Waals surface area (Å²) in [6, 6.07) is 4.01. The van der Waals surface area contributed by atoms with Crippen molar-refractivity contribution in [1.82, 2.24) is 9.55 Å². The minimum Gasteiger partial charge on any atom is -0.305 e. The van der Waals surface area contributed by atoms with Gasteiger partial charge in [-0.1, -0.05) is 0 Å². The highest BCUT2D eigenvalue weighted by Gasteiger charge is 2.04. The number of carbonyl (C=O) groups is 1. The molecule has 1 aromatic heterocycles. The number of hydrogen-bond donors (Lipinski definition) is 0. The van der Waals surface area contributed by atoms with Crippen LogP contribution in [0.3, 0.4) is 0 Å². The minimum atomic E-state index is -0.402. The van der Waals surface area contributed by atoms with E-state index in [1.807, 2.05) is 0 Å². The number of benzene rings is 1.